The number of hydrogen-bond acceptors (Lipinski definition) is 4. The molecule has 0 spiro atoms. The Balaban J connectivity index is 4.67. The first-order valence-electron chi connectivity index (χ1n) is 4.78. The van der Waals surface area contributed by atoms with Crippen molar-refractivity contribution >= 4 is 18.1 Å². The van der Waals surface area contributed by atoms with Gasteiger partial charge in [0.15, 0.2) is 0 Å². The molecule has 0 aliphatic carbocycles. The Morgan fingerprint density at radius 1 is 1.24 bits per heavy atom. The molecule has 0 aromatic rings. The number of amides is 4. The van der Waals surface area contributed by atoms with Crippen LogP contribution in [-0.2, 0) is 4.74 Å². The van der Waals surface area contributed by atoms with Crippen LogP contribution in [0.5, 0.6) is 0 Å². The van der Waals surface area contributed by atoms with Crippen molar-refractivity contribution in [2.75, 3.05) is 20.2 Å². The second-order valence-corrected chi connectivity index (χ2v) is 2.79. The summed E-state index contributed by atoms with van der Waals surface area (Å²) >= 11 is 0. The molecule has 0 aromatic carbocycles. The van der Waals surface area contributed by atoms with Crippen molar-refractivity contribution in [2.45, 2.75) is 0 Å². The molecule has 0 radical (unpaired) electrons. The molecule has 0 saturated heterocycles. The summed E-state index contributed by atoms with van der Waals surface area (Å²) in [6.45, 7) is 7.20. The average molecular weight is 240 g/mol. The number of carbonyl (C=O) groups excluding carboxylic acids is 2. The van der Waals surface area contributed by atoms with E-state index in [9.17, 15) is 9.59 Å². The summed E-state index contributed by atoms with van der Waals surface area (Å²) in [5.74, 6) is 0. The number of hydrogen-bond donors (Lipinski definition) is 3. The number of urea groups is 2. The van der Waals surface area contributed by atoms with Gasteiger partial charge in [-0.15, -0.1) is 13.2 Å². The Labute approximate surface area is 99.6 Å². The van der Waals surface area contributed by atoms with Gasteiger partial charge in [0.05, 0.1) is 7.11 Å². The maximum Gasteiger partial charge on any atom is 0.334 e. The summed E-state index contributed by atoms with van der Waals surface area (Å²) in [6.07, 6.45) is 2.91. The molecule has 7 nitrogen and oxygen atoms in total. The highest BCUT2D eigenvalue weighted by molar-refractivity contribution is 6.08. The molecule has 0 unspecified atom stereocenters. The van der Waals surface area contributed by atoms with Crippen LogP contribution in [0.3, 0.4) is 0 Å². The minimum Gasteiger partial charge on any atom is -0.468 e. The van der Waals surface area contributed by atoms with Crippen LogP contribution in [0.15, 0.2) is 25.3 Å². The number of carbonyl (C=O) groups is 2. The zero-order chi connectivity index (χ0) is 13.3. The lowest BCUT2D eigenvalue weighted by Gasteiger charge is -2.19. The van der Waals surface area contributed by atoms with Gasteiger partial charge in [0, 0.05) is 13.1 Å². The minimum atomic E-state index is -0.765. The van der Waals surface area contributed by atoms with E-state index in [1.54, 1.807) is 0 Å². The van der Waals surface area contributed by atoms with Crippen molar-refractivity contribution in [2.24, 2.45) is 0 Å². The van der Waals surface area contributed by atoms with Crippen LogP contribution in [-0.4, -0.2) is 43.2 Å². The zero-order valence-electron chi connectivity index (χ0n) is 9.66. The first-order chi connectivity index (χ1) is 8.08. The lowest BCUT2D eigenvalue weighted by molar-refractivity contribution is 0.195. The third-order valence-corrected chi connectivity index (χ3v) is 1.60. The quantitative estimate of drug-likeness (QED) is 0.383. The summed E-state index contributed by atoms with van der Waals surface area (Å²) in [4.78, 5) is 23.7. The largest absolute Gasteiger partial charge is 0.468 e. The van der Waals surface area contributed by atoms with Gasteiger partial charge in [-0.25, -0.2) is 9.59 Å². The molecule has 94 valence electrons. The van der Waals surface area contributed by atoms with Crippen molar-refractivity contribution in [1.82, 2.24) is 15.5 Å². The van der Waals surface area contributed by atoms with E-state index in [4.69, 9.17) is 5.41 Å². The molecule has 17 heavy (non-hydrogen) atoms. The van der Waals surface area contributed by atoms with E-state index < -0.39 is 18.1 Å². The van der Waals surface area contributed by atoms with Gasteiger partial charge in [-0.05, 0) is 0 Å². The second kappa shape index (κ2) is 7.91. The molecule has 0 aliphatic rings. The van der Waals surface area contributed by atoms with Crippen LogP contribution in [0, 0.1) is 5.41 Å². The van der Waals surface area contributed by atoms with Crippen molar-refractivity contribution in [3.8, 4) is 0 Å². The topological polar surface area (TPSA) is 94.5 Å². The van der Waals surface area contributed by atoms with Crippen LogP contribution < -0.4 is 10.6 Å². The second-order valence-electron chi connectivity index (χ2n) is 2.79. The van der Waals surface area contributed by atoms with Crippen molar-refractivity contribution in [3.05, 3.63) is 25.3 Å². The highest BCUT2D eigenvalue weighted by atomic mass is 16.5. The van der Waals surface area contributed by atoms with E-state index in [-0.39, 0.29) is 13.1 Å². The van der Waals surface area contributed by atoms with Gasteiger partial charge in [-0.2, -0.15) is 4.90 Å². The first kappa shape index (κ1) is 14.7. The van der Waals surface area contributed by atoms with Crippen LogP contribution in [0.2, 0.25) is 0 Å². The molecule has 4 amide bonds. The number of nitrogens with zero attached hydrogens (tertiary/aromatic N) is 1. The van der Waals surface area contributed by atoms with Gasteiger partial charge in [-0.3, -0.25) is 5.41 Å². The molecule has 7 heteroatoms. The van der Waals surface area contributed by atoms with Gasteiger partial charge >= 0.3 is 18.1 Å². The Morgan fingerprint density at radius 2 is 1.65 bits per heavy atom. The van der Waals surface area contributed by atoms with Gasteiger partial charge in [0.2, 0.25) is 0 Å². The molecule has 0 atom stereocenters. The monoisotopic (exact) mass is 240 g/mol. The third-order valence-electron chi connectivity index (χ3n) is 1.60. The summed E-state index contributed by atoms with van der Waals surface area (Å²) < 4.78 is 4.55. The highest BCUT2D eigenvalue weighted by Crippen LogP contribution is 1.94. The number of imide groups is 1. The lowest BCUT2D eigenvalue weighted by Crippen LogP contribution is -2.51. The predicted octanol–water partition coefficient (Wildman–Crippen LogP) is 0.661. The molecule has 0 aromatic heterocycles. The maximum atomic E-state index is 11.6. The summed E-state index contributed by atoms with van der Waals surface area (Å²) in [5.41, 5.74) is 0. The molecule has 0 fully saturated rings. The molecule has 0 heterocycles. The Bertz CT molecular complexity index is 304. The summed E-state index contributed by atoms with van der Waals surface area (Å²) in [7, 11) is 1.19. The predicted molar refractivity (Wildman–Crippen MR) is 63.8 cm³/mol. The zero-order valence-corrected chi connectivity index (χ0v) is 9.66. The maximum absolute atomic E-state index is 11.6. The van der Waals surface area contributed by atoms with Gasteiger partial charge in [0.1, 0.15) is 0 Å². The van der Waals surface area contributed by atoms with E-state index >= 15 is 0 Å². The number of ether oxygens (including phenoxy) is 1. The van der Waals surface area contributed by atoms with Gasteiger partial charge in [0.25, 0.3) is 0 Å². The highest BCUT2D eigenvalue weighted by Gasteiger charge is 2.25. The SMILES string of the molecule is C=CCNC(=O)N(C(=N)OC)C(=O)NCC=C. The molecular weight excluding hydrogens is 224 g/mol. The van der Waals surface area contributed by atoms with Crippen molar-refractivity contribution < 1.29 is 14.3 Å². The van der Waals surface area contributed by atoms with E-state index in [1.807, 2.05) is 0 Å². The summed E-state index contributed by atoms with van der Waals surface area (Å²) in [5, 5.41) is 12.1. The molecule has 0 aliphatic heterocycles. The van der Waals surface area contributed by atoms with Crippen molar-refractivity contribution in [3.63, 3.8) is 0 Å². The molecular formula is C10H16N4O3. The Kier molecular flexibility index (Phi) is 6.84. The Hall–Kier alpha value is -2.31. The van der Waals surface area contributed by atoms with Gasteiger partial charge in [-0.1, -0.05) is 12.2 Å². The summed E-state index contributed by atoms with van der Waals surface area (Å²) in [6, 6.07) is -2.11. The van der Waals surface area contributed by atoms with Crippen LogP contribution in [0.4, 0.5) is 9.59 Å². The van der Waals surface area contributed by atoms with E-state index in [0.29, 0.717) is 4.90 Å². The van der Waals surface area contributed by atoms with Crippen LogP contribution in [0.1, 0.15) is 0 Å². The third kappa shape index (κ3) is 4.83. The molecule has 0 saturated carbocycles. The fraction of sp³-hybridized carbons (Fsp3) is 0.300. The molecule has 3 N–H and O–H groups in total. The van der Waals surface area contributed by atoms with E-state index in [2.05, 4.69) is 28.5 Å². The first-order valence-corrected chi connectivity index (χ1v) is 4.78. The number of nitrogens with one attached hydrogen (secondary N) is 3. The molecule has 0 bridgehead atoms. The number of amidine groups is 1. The number of rotatable bonds is 4. The van der Waals surface area contributed by atoms with E-state index in [0.717, 1.165) is 0 Å². The minimum absolute atomic E-state index is 0.182. The Morgan fingerprint density at radius 3 is 1.94 bits per heavy atom. The standard InChI is InChI=1S/C10H16N4O3/c1-4-6-12-9(15)14(8(11)17-3)10(16)13-7-5-2/h4-5,11H,1-2,6-7H2,3H3,(H,12,15)(H,13,16). The number of methoxy groups -OCH3 is 1. The molecule has 0 rings (SSSR count). The smallest absolute Gasteiger partial charge is 0.334 e. The average Bonchev–Trinajstić information content (AvgIpc) is 2.33. The fourth-order valence-electron chi connectivity index (χ4n) is 0.845. The van der Waals surface area contributed by atoms with Gasteiger partial charge < -0.3 is 15.4 Å². The van der Waals surface area contributed by atoms with Crippen LogP contribution in [0.25, 0.3) is 0 Å². The lowest BCUT2D eigenvalue weighted by atomic mass is 10.6. The fourth-order valence-corrected chi connectivity index (χ4v) is 0.845. The van der Waals surface area contributed by atoms with Crippen molar-refractivity contribution in [1.29, 1.82) is 5.41 Å². The van der Waals surface area contributed by atoms with E-state index in [1.165, 1.54) is 19.3 Å². The normalized spacial score (nSPS) is 8.76. The van der Waals surface area contributed by atoms with Crippen LogP contribution >= 0.6 is 0 Å².